The van der Waals surface area contributed by atoms with Crippen LogP contribution in [0.25, 0.3) is 0 Å². The monoisotopic (exact) mass is 165 g/mol. The molecular weight excluding hydrogens is 156 g/mol. The molecule has 0 aliphatic carbocycles. The molecule has 0 aromatic rings. The van der Waals surface area contributed by atoms with Crippen LogP contribution in [-0.2, 0) is 15.9 Å². The van der Waals surface area contributed by atoms with Gasteiger partial charge in [0.05, 0.1) is 0 Å². The molecule has 2 atom stereocenters. The van der Waals surface area contributed by atoms with E-state index in [-0.39, 0.29) is 5.92 Å². The molecule has 0 bridgehead atoms. The van der Waals surface area contributed by atoms with Crippen molar-refractivity contribution in [1.29, 1.82) is 0 Å². The third kappa shape index (κ3) is 2.45. The molecule has 0 aliphatic rings. The highest BCUT2D eigenvalue weighted by molar-refractivity contribution is 7.80. The molecule has 0 aliphatic heterocycles. The molecule has 0 aromatic carbocycles. The summed E-state index contributed by atoms with van der Waals surface area (Å²) >= 11 is -2.51. The molecule has 1 N–H and O–H groups in total. The van der Waals surface area contributed by atoms with E-state index in [0.717, 1.165) is 0 Å². The van der Waals surface area contributed by atoms with Gasteiger partial charge in [0.1, 0.15) is 5.25 Å². The molecule has 0 amide bonds. The van der Waals surface area contributed by atoms with Crippen LogP contribution in [0.2, 0.25) is 0 Å². The zero-order chi connectivity index (χ0) is 8.31. The molecule has 10 heavy (non-hydrogen) atoms. The number of hydrogen-bond donors (Lipinski definition) is 1. The highest BCUT2D eigenvalue weighted by Crippen LogP contribution is 2.07. The van der Waals surface area contributed by atoms with Crippen LogP contribution in [0.3, 0.4) is 0 Å². The van der Waals surface area contributed by atoms with Crippen molar-refractivity contribution < 1.29 is 18.7 Å². The Balaban J connectivity index is 4.27. The quantitative estimate of drug-likeness (QED) is 0.596. The summed E-state index contributed by atoms with van der Waals surface area (Å²) in [7, 11) is 0. The van der Waals surface area contributed by atoms with Gasteiger partial charge in [-0.25, -0.2) is 0 Å². The van der Waals surface area contributed by atoms with Gasteiger partial charge in [-0.3, -0.25) is 9.00 Å². The Bertz CT molecular complexity index is 140. The van der Waals surface area contributed by atoms with Crippen molar-refractivity contribution in [2.45, 2.75) is 19.1 Å². The normalized spacial score (nSPS) is 16.8. The van der Waals surface area contributed by atoms with Gasteiger partial charge in [-0.1, -0.05) is 13.8 Å². The summed E-state index contributed by atoms with van der Waals surface area (Å²) in [6.07, 6.45) is 0. The number of carbonyl (C=O) groups is 1. The minimum atomic E-state index is -2.51. The van der Waals surface area contributed by atoms with Crippen LogP contribution in [0.1, 0.15) is 13.8 Å². The lowest BCUT2D eigenvalue weighted by Gasteiger charge is -2.17. The van der Waals surface area contributed by atoms with Crippen molar-refractivity contribution in [2.75, 3.05) is 0 Å². The van der Waals surface area contributed by atoms with Gasteiger partial charge in [-0.05, 0) is 17.0 Å². The second-order valence-corrected chi connectivity index (χ2v) is 3.29. The first-order chi connectivity index (χ1) is 4.46. The van der Waals surface area contributed by atoms with Crippen molar-refractivity contribution in [3.05, 3.63) is 0 Å². The first-order valence-corrected chi connectivity index (χ1v) is 3.91. The van der Waals surface area contributed by atoms with Crippen LogP contribution in [0.4, 0.5) is 0 Å². The summed E-state index contributed by atoms with van der Waals surface area (Å²) in [6.45, 7) is 3.10. The fourth-order valence-electron chi connectivity index (χ4n) is 0.590. The molecular formula is C5H9O4S-. The molecule has 0 saturated carbocycles. The maximum Gasteiger partial charge on any atom is 0.318 e. The van der Waals surface area contributed by atoms with E-state index in [2.05, 4.69) is 0 Å². The number of carboxylic acids is 1. The fourth-order valence-corrected chi connectivity index (χ4v) is 1.20. The van der Waals surface area contributed by atoms with Gasteiger partial charge < -0.3 is 9.66 Å². The first kappa shape index (κ1) is 9.58. The van der Waals surface area contributed by atoms with Gasteiger partial charge in [0.2, 0.25) is 0 Å². The largest absolute Gasteiger partial charge is 0.772 e. The molecule has 0 spiro atoms. The minimum absolute atomic E-state index is 0.379. The summed E-state index contributed by atoms with van der Waals surface area (Å²) in [5, 5.41) is 7.04. The molecule has 4 nitrogen and oxygen atoms in total. The maximum absolute atomic E-state index is 10.2. The minimum Gasteiger partial charge on any atom is -0.772 e. The molecule has 0 radical (unpaired) electrons. The second-order valence-electron chi connectivity index (χ2n) is 2.26. The average molecular weight is 165 g/mol. The Morgan fingerprint density at radius 1 is 1.60 bits per heavy atom. The van der Waals surface area contributed by atoms with Crippen LogP contribution in [0, 0.1) is 5.92 Å². The molecule has 0 saturated heterocycles. The lowest BCUT2D eigenvalue weighted by Crippen LogP contribution is -2.30. The summed E-state index contributed by atoms with van der Waals surface area (Å²) in [6, 6.07) is 0. The van der Waals surface area contributed by atoms with Gasteiger partial charge in [-0.2, -0.15) is 0 Å². The molecule has 5 heteroatoms. The predicted octanol–water partition coefficient (Wildman–Crippen LogP) is -0.0253. The van der Waals surface area contributed by atoms with Crippen molar-refractivity contribution in [2.24, 2.45) is 5.92 Å². The molecule has 0 aromatic heterocycles. The molecule has 2 unspecified atom stereocenters. The van der Waals surface area contributed by atoms with Crippen LogP contribution in [-0.4, -0.2) is 25.1 Å². The third-order valence-electron chi connectivity index (χ3n) is 1.06. The summed E-state index contributed by atoms with van der Waals surface area (Å²) in [4.78, 5) is 10.2. The van der Waals surface area contributed by atoms with E-state index < -0.39 is 22.3 Å². The summed E-state index contributed by atoms with van der Waals surface area (Å²) in [5.41, 5.74) is 0. The van der Waals surface area contributed by atoms with Crippen LogP contribution >= 0.6 is 0 Å². The predicted molar refractivity (Wildman–Crippen MR) is 35.2 cm³/mol. The van der Waals surface area contributed by atoms with Crippen molar-refractivity contribution in [1.82, 2.24) is 0 Å². The lowest BCUT2D eigenvalue weighted by atomic mass is 10.1. The Labute approximate surface area is 61.5 Å². The standard InChI is InChI=1S/C5H10O4S/c1-3(2)4(5(6)7)10(8)9/h3-4H,1-2H3,(H,6,7)(H,8,9)/p-1. The van der Waals surface area contributed by atoms with Gasteiger partial charge in [-0.15, -0.1) is 0 Å². The average Bonchev–Trinajstić information content (AvgIpc) is 1.59. The number of rotatable bonds is 3. The molecule has 60 valence electrons. The van der Waals surface area contributed by atoms with E-state index in [1.165, 1.54) is 0 Å². The van der Waals surface area contributed by atoms with Gasteiger partial charge >= 0.3 is 5.97 Å². The van der Waals surface area contributed by atoms with Gasteiger partial charge in [0.25, 0.3) is 0 Å². The molecule has 0 heterocycles. The third-order valence-corrected chi connectivity index (χ3v) is 2.22. The Kier molecular flexibility index (Phi) is 3.52. The van der Waals surface area contributed by atoms with Crippen molar-refractivity contribution in [3.8, 4) is 0 Å². The van der Waals surface area contributed by atoms with Gasteiger partial charge in [0, 0.05) is 0 Å². The topological polar surface area (TPSA) is 77.4 Å². The zero-order valence-electron chi connectivity index (χ0n) is 5.73. The van der Waals surface area contributed by atoms with Crippen LogP contribution in [0.5, 0.6) is 0 Å². The van der Waals surface area contributed by atoms with E-state index in [9.17, 15) is 13.6 Å². The SMILES string of the molecule is CC(C)C(C(=O)O)S(=O)[O-]. The second kappa shape index (κ2) is 3.68. The smallest absolute Gasteiger partial charge is 0.318 e. The van der Waals surface area contributed by atoms with E-state index >= 15 is 0 Å². The Morgan fingerprint density at radius 3 is 2.00 bits per heavy atom. The Hall–Kier alpha value is -0.420. The maximum atomic E-state index is 10.2. The number of hydrogen-bond acceptors (Lipinski definition) is 3. The van der Waals surface area contributed by atoms with E-state index in [4.69, 9.17) is 5.11 Å². The molecule has 0 rings (SSSR count). The lowest BCUT2D eigenvalue weighted by molar-refractivity contribution is -0.137. The highest BCUT2D eigenvalue weighted by atomic mass is 32.2. The van der Waals surface area contributed by atoms with Gasteiger partial charge in [0.15, 0.2) is 0 Å². The van der Waals surface area contributed by atoms with E-state index in [1.54, 1.807) is 13.8 Å². The zero-order valence-corrected chi connectivity index (χ0v) is 6.55. The van der Waals surface area contributed by atoms with E-state index in [0.29, 0.717) is 0 Å². The summed E-state index contributed by atoms with van der Waals surface area (Å²) < 4.78 is 20.4. The van der Waals surface area contributed by atoms with Crippen molar-refractivity contribution >= 4 is 17.0 Å². The molecule has 0 fully saturated rings. The summed E-state index contributed by atoms with van der Waals surface area (Å²) in [5.74, 6) is -1.67. The highest BCUT2D eigenvalue weighted by Gasteiger charge is 2.21. The van der Waals surface area contributed by atoms with Crippen molar-refractivity contribution in [3.63, 3.8) is 0 Å². The van der Waals surface area contributed by atoms with Crippen LogP contribution < -0.4 is 0 Å². The van der Waals surface area contributed by atoms with Crippen LogP contribution in [0.15, 0.2) is 0 Å². The number of aliphatic carboxylic acids is 1. The fraction of sp³-hybridized carbons (Fsp3) is 0.800. The Morgan fingerprint density at radius 2 is 2.00 bits per heavy atom. The number of carboxylic acid groups (broad SMARTS) is 1. The van der Waals surface area contributed by atoms with E-state index in [1.807, 2.05) is 0 Å². The first-order valence-electron chi connectivity index (χ1n) is 2.77.